The van der Waals surface area contributed by atoms with Crippen molar-refractivity contribution in [3.05, 3.63) is 23.8 Å². The maximum atomic E-state index is 13.8. The smallest absolute Gasteiger partial charge is 0.323 e. The molecular weight excluding hydrogens is 442 g/mol. The van der Waals surface area contributed by atoms with E-state index in [4.69, 9.17) is 13.8 Å². The summed E-state index contributed by atoms with van der Waals surface area (Å²) in [6, 6.07) is -1.60. The van der Waals surface area contributed by atoms with Crippen LogP contribution < -0.4 is 0 Å². The van der Waals surface area contributed by atoms with Gasteiger partial charge in [0.1, 0.15) is 12.1 Å². The van der Waals surface area contributed by atoms with Crippen LogP contribution in [-0.2, 0) is 32.5 Å². The molecule has 11 heteroatoms. The van der Waals surface area contributed by atoms with E-state index in [1.807, 2.05) is 27.7 Å². The van der Waals surface area contributed by atoms with Gasteiger partial charge in [-0.1, -0.05) is 39.8 Å². The highest BCUT2D eigenvalue weighted by atomic mass is 31.2. The fraction of sp³-hybridized carbons (Fsp3) is 0.700. The van der Waals surface area contributed by atoms with Crippen molar-refractivity contribution in [3.8, 4) is 0 Å². The average molecular weight is 476 g/mol. The van der Waals surface area contributed by atoms with E-state index in [1.165, 1.54) is 35.2 Å². The van der Waals surface area contributed by atoms with Crippen LogP contribution in [0.3, 0.4) is 0 Å². The molecule has 2 heterocycles. The molecule has 0 bridgehead atoms. The summed E-state index contributed by atoms with van der Waals surface area (Å²) in [4.78, 5) is 24.9. The first-order valence-corrected chi connectivity index (χ1v) is 13.7. The SMILES string of the molecule is COC(=O)[C@H](CC(C)C)N1CC=CP1(=O)O[P@]1(=O)C=CCN1[C@@H](CC(C)C)C(=O)OC. The van der Waals surface area contributed by atoms with Crippen LogP contribution >= 0.6 is 15.0 Å². The van der Waals surface area contributed by atoms with Crippen LogP contribution in [0.2, 0.25) is 0 Å². The summed E-state index contributed by atoms with van der Waals surface area (Å²) in [6.45, 7) is 8.20. The lowest BCUT2D eigenvalue weighted by Gasteiger charge is -2.36. The van der Waals surface area contributed by atoms with Crippen LogP contribution in [-0.4, -0.2) is 60.7 Å². The van der Waals surface area contributed by atoms with E-state index in [0.717, 1.165) is 0 Å². The largest absolute Gasteiger partial charge is 0.468 e. The number of rotatable bonds is 10. The van der Waals surface area contributed by atoms with Crippen LogP contribution in [0.15, 0.2) is 23.8 Å². The Labute approximate surface area is 184 Å². The number of hydrogen-bond donors (Lipinski definition) is 0. The van der Waals surface area contributed by atoms with E-state index in [9.17, 15) is 18.7 Å². The van der Waals surface area contributed by atoms with Gasteiger partial charge in [-0.25, -0.2) is 13.7 Å². The molecule has 0 saturated carbocycles. The number of carbonyl (C=O) groups excluding carboxylic acids is 2. The van der Waals surface area contributed by atoms with Crippen molar-refractivity contribution in [2.45, 2.75) is 52.6 Å². The number of ether oxygens (including phenoxy) is 2. The summed E-state index contributed by atoms with van der Waals surface area (Å²) in [5.41, 5.74) is 0. The summed E-state index contributed by atoms with van der Waals surface area (Å²) >= 11 is 0. The van der Waals surface area contributed by atoms with Gasteiger partial charge in [-0.15, -0.1) is 0 Å². The molecule has 2 aliphatic rings. The average Bonchev–Trinajstić information content (AvgIpc) is 3.24. The maximum Gasteiger partial charge on any atom is 0.323 e. The second kappa shape index (κ2) is 10.6. The van der Waals surface area contributed by atoms with Crippen LogP contribution in [0.4, 0.5) is 0 Å². The van der Waals surface area contributed by atoms with Gasteiger partial charge in [0.25, 0.3) is 0 Å². The van der Waals surface area contributed by atoms with E-state index in [0.29, 0.717) is 12.8 Å². The standard InChI is InChI=1S/C20H34N2O7P2/c1-15(2)13-17(19(23)27-5)21-9-7-11-30(21,25)29-31(26)12-8-10-22(31)18(14-16(3)4)20(24)28-6/h7-8,11-12,15-18H,9-10,13-14H2,1-6H3/t17-,18-,30+,31?/m0/s1. The van der Waals surface area contributed by atoms with Crippen LogP contribution in [0.1, 0.15) is 40.5 Å². The molecule has 4 atom stereocenters. The predicted octanol–water partition coefficient (Wildman–Crippen LogP) is 4.22. The molecule has 1 unspecified atom stereocenters. The molecule has 176 valence electrons. The van der Waals surface area contributed by atoms with E-state index in [2.05, 4.69) is 0 Å². The Morgan fingerprint density at radius 3 is 1.45 bits per heavy atom. The highest BCUT2D eigenvalue weighted by molar-refractivity contribution is 7.73. The fourth-order valence-electron chi connectivity index (χ4n) is 3.78. The zero-order valence-corrected chi connectivity index (χ0v) is 20.9. The predicted molar refractivity (Wildman–Crippen MR) is 119 cm³/mol. The van der Waals surface area contributed by atoms with Gasteiger partial charge >= 0.3 is 27.0 Å². The third kappa shape index (κ3) is 5.96. The van der Waals surface area contributed by atoms with E-state index < -0.39 is 39.1 Å². The molecule has 0 aromatic carbocycles. The van der Waals surface area contributed by atoms with Crippen LogP contribution in [0.5, 0.6) is 0 Å². The lowest BCUT2D eigenvalue weighted by molar-refractivity contribution is -0.146. The van der Waals surface area contributed by atoms with Crippen molar-refractivity contribution in [1.82, 2.24) is 9.34 Å². The Morgan fingerprint density at radius 2 is 1.16 bits per heavy atom. The van der Waals surface area contributed by atoms with Gasteiger partial charge in [0.05, 0.1) is 14.2 Å². The van der Waals surface area contributed by atoms with Crippen molar-refractivity contribution in [1.29, 1.82) is 0 Å². The fourth-order valence-corrected chi connectivity index (χ4v) is 9.17. The minimum absolute atomic E-state index is 0.131. The lowest BCUT2D eigenvalue weighted by atomic mass is 10.0. The molecule has 2 aliphatic heterocycles. The zero-order chi connectivity index (χ0) is 23.4. The molecule has 0 N–H and O–H groups in total. The lowest BCUT2D eigenvalue weighted by Crippen LogP contribution is -2.41. The number of hydrogen-bond acceptors (Lipinski definition) is 7. The first-order chi connectivity index (χ1) is 14.5. The van der Waals surface area contributed by atoms with Crippen molar-refractivity contribution >= 4 is 27.0 Å². The van der Waals surface area contributed by atoms with Crippen molar-refractivity contribution < 1.29 is 32.5 Å². The van der Waals surface area contributed by atoms with E-state index in [1.54, 1.807) is 12.2 Å². The van der Waals surface area contributed by atoms with Gasteiger partial charge in [0, 0.05) is 24.7 Å². The molecule has 31 heavy (non-hydrogen) atoms. The molecule has 0 spiro atoms. The molecular formula is C20H34N2O7P2. The number of esters is 2. The van der Waals surface area contributed by atoms with Crippen molar-refractivity contribution in [3.63, 3.8) is 0 Å². The van der Waals surface area contributed by atoms with Crippen molar-refractivity contribution in [2.75, 3.05) is 27.3 Å². The molecule has 0 aromatic heterocycles. The highest BCUT2D eigenvalue weighted by Gasteiger charge is 2.50. The van der Waals surface area contributed by atoms with Gasteiger partial charge in [0.2, 0.25) is 0 Å². The molecule has 0 amide bonds. The molecule has 0 aliphatic carbocycles. The minimum Gasteiger partial charge on any atom is -0.468 e. The Hall–Kier alpha value is -1.24. The molecule has 0 fully saturated rings. The Balaban J connectivity index is 2.36. The number of nitrogens with zero attached hydrogens (tertiary/aromatic N) is 2. The third-order valence-corrected chi connectivity index (χ3v) is 10.5. The normalized spacial score (nSPS) is 28.4. The van der Waals surface area contributed by atoms with Gasteiger partial charge in [0.15, 0.2) is 0 Å². The zero-order valence-electron chi connectivity index (χ0n) is 19.1. The first-order valence-electron chi connectivity index (χ1n) is 10.4. The first kappa shape index (κ1) is 26.0. The Morgan fingerprint density at radius 1 is 0.806 bits per heavy atom. The molecule has 0 aromatic rings. The third-order valence-electron chi connectivity index (χ3n) is 5.18. The quantitative estimate of drug-likeness (QED) is 0.339. The van der Waals surface area contributed by atoms with Crippen LogP contribution in [0.25, 0.3) is 0 Å². The van der Waals surface area contributed by atoms with Gasteiger partial charge in [-0.3, -0.25) is 18.7 Å². The second-order valence-corrected chi connectivity index (χ2v) is 13.1. The topological polar surface area (TPSA) is 102 Å². The van der Waals surface area contributed by atoms with Crippen LogP contribution in [0, 0.1) is 11.8 Å². The van der Waals surface area contributed by atoms with Crippen molar-refractivity contribution in [2.24, 2.45) is 11.8 Å². The highest BCUT2D eigenvalue weighted by Crippen LogP contribution is 2.72. The Bertz CT molecular complexity index is 758. The monoisotopic (exact) mass is 476 g/mol. The molecule has 0 saturated heterocycles. The maximum absolute atomic E-state index is 13.8. The second-order valence-electron chi connectivity index (χ2n) is 8.56. The molecule has 0 radical (unpaired) electrons. The van der Waals surface area contributed by atoms with Gasteiger partial charge < -0.3 is 9.47 Å². The number of carbonyl (C=O) groups is 2. The summed E-state index contributed by atoms with van der Waals surface area (Å²) < 4.78 is 46.2. The molecule has 2 rings (SSSR count). The summed E-state index contributed by atoms with van der Waals surface area (Å²) in [6.07, 6.45) is 4.09. The molecule has 9 nitrogen and oxygen atoms in total. The summed E-state index contributed by atoms with van der Waals surface area (Å²) in [5, 5.41) is 0. The van der Waals surface area contributed by atoms with Gasteiger partial charge in [-0.2, -0.15) is 0 Å². The number of methoxy groups -OCH3 is 2. The van der Waals surface area contributed by atoms with E-state index >= 15 is 0 Å². The van der Waals surface area contributed by atoms with Gasteiger partial charge in [-0.05, 0) is 24.7 Å². The minimum atomic E-state index is -3.78. The summed E-state index contributed by atoms with van der Waals surface area (Å²) in [5.74, 6) is 1.97. The van der Waals surface area contributed by atoms with E-state index in [-0.39, 0.29) is 24.9 Å². The summed E-state index contributed by atoms with van der Waals surface area (Å²) in [7, 11) is -5.00. The Kier molecular flexibility index (Phi) is 8.88.